The quantitative estimate of drug-likeness (QED) is 0.841. The van der Waals surface area contributed by atoms with Crippen LogP contribution in [0.3, 0.4) is 0 Å². The first kappa shape index (κ1) is 10.6. The Labute approximate surface area is 94.9 Å². The number of fused-ring (bicyclic) bond motifs is 1. The average Bonchev–Trinajstić information content (AvgIpc) is 2.75. The van der Waals surface area contributed by atoms with Crippen LogP contribution < -0.4 is 0 Å². The van der Waals surface area contributed by atoms with E-state index in [-0.39, 0.29) is 6.61 Å². The molecule has 0 saturated heterocycles. The lowest BCUT2D eigenvalue weighted by Crippen LogP contribution is -2.14. The zero-order valence-corrected chi connectivity index (χ0v) is 9.73. The molecule has 2 aromatic rings. The van der Waals surface area contributed by atoms with Crippen LogP contribution in [0.15, 0.2) is 17.5 Å². The zero-order valence-electron chi connectivity index (χ0n) is 8.10. The van der Waals surface area contributed by atoms with Gasteiger partial charge in [-0.25, -0.2) is 4.79 Å². The second-order valence-electron chi connectivity index (χ2n) is 2.95. The lowest BCUT2D eigenvalue weighted by Gasteiger charge is -2.06. The van der Waals surface area contributed by atoms with Gasteiger partial charge >= 0.3 is 5.97 Å². The molecule has 0 aromatic carbocycles. The highest BCUT2D eigenvalue weighted by molar-refractivity contribution is 7.27. The molecule has 2 aromatic heterocycles. The van der Waals surface area contributed by atoms with Crippen LogP contribution in [0.5, 0.6) is 0 Å². The van der Waals surface area contributed by atoms with Crippen molar-refractivity contribution in [1.82, 2.24) is 0 Å². The van der Waals surface area contributed by atoms with E-state index >= 15 is 0 Å². The summed E-state index contributed by atoms with van der Waals surface area (Å²) in [4.78, 5) is 11.9. The predicted octanol–water partition coefficient (Wildman–Crippen LogP) is 2.56. The first-order chi connectivity index (χ1) is 7.22. The van der Waals surface area contributed by atoms with Crippen molar-refractivity contribution in [1.29, 1.82) is 0 Å². The second kappa shape index (κ2) is 4.30. The van der Waals surface area contributed by atoms with Crippen molar-refractivity contribution in [3.05, 3.63) is 22.4 Å². The largest absolute Gasteiger partial charge is 0.464 e. The SMILES string of the molecule is CCOC(=O)C(O)c1cc2sccc2s1. The minimum absolute atomic E-state index is 0.287. The molecule has 1 unspecified atom stereocenters. The molecule has 15 heavy (non-hydrogen) atoms. The van der Waals surface area contributed by atoms with Gasteiger partial charge in [-0.3, -0.25) is 0 Å². The summed E-state index contributed by atoms with van der Waals surface area (Å²) >= 11 is 3.02. The van der Waals surface area contributed by atoms with Gasteiger partial charge in [0, 0.05) is 14.3 Å². The molecule has 3 nitrogen and oxygen atoms in total. The van der Waals surface area contributed by atoms with E-state index in [4.69, 9.17) is 4.74 Å². The van der Waals surface area contributed by atoms with Crippen LogP contribution in [0.1, 0.15) is 17.9 Å². The molecule has 5 heteroatoms. The first-order valence-electron chi connectivity index (χ1n) is 4.54. The van der Waals surface area contributed by atoms with E-state index in [1.807, 2.05) is 17.5 Å². The van der Waals surface area contributed by atoms with E-state index in [0.717, 1.165) is 9.40 Å². The maximum atomic E-state index is 11.3. The van der Waals surface area contributed by atoms with Crippen LogP contribution in [-0.2, 0) is 9.53 Å². The van der Waals surface area contributed by atoms with Crippen molar-refractivity contribution < 1.29 is 14.6 Å². The fourth-order valence-corrected chi connectivity index (χ4v) is 3.35. The summed E-state index contributed by atoms with van der Waals surface area (Å²) in [6.45, 7) is 2.01. The molecule has 0 fully saturated rings. The van der Waals surface area contributed by atoms with Crippen LogP contribution >= 0.6 is 22.7 Å². The number of carbonyl (C=O) groups is 1. The molecular formula is C10H10O3S2. The standard InChI is InChI=1S/C10H10O3S2/c1-2-13-10(12)9(11)8-5-7-6(15-8)3-4-14-7/h3-5,9,11H,2H2,1H3. The molecule has 0 saturated carbocycles. The monoisotopic (exact) mass is 242 g/mol. The Kier molecular flexibility index (Phi) is 3.04. The van der Waals surface area contributed by atoms with Gasteiger partial charge in [-0.1, -0.05) is 0 Å². The van der Waals surface area contributed by atoms with E-state index in [2.05, 4.69) is 0 Å². The highest BCUT2D eigenvalue weighted by Crippen LogP contribution is 2.33. The zero-order chi connectivity index (χ0) is 10.8. The average molecular weight is 242 g/mol. The summed E-state index contributed by atoms with van der Waals surface area (Å²) in [6, 6.07) is 3.82. The maximum Gasteiger partial charge on any atom is 0.340 e. The van der Waals surface area contributed by atoms with Crippen LogP contribution in [0, 0.1) is 0 Å². The van der Waals surface area contributed by atoms with Gasteiger partial charge in [0.05, 0.1) is 6.61 Å². The molecule has 0 amide bonds. The van der Waals surface area contributed by atoms with Crippen molar-refractivity contribution >= 4 is 38.0 Å². The Morgan fingerprint density at radius 2 is 2.40 bits per heavy atom. The Bertz CT molecular complexity index is 443. The van der Waals surface area contributed by atoms with E-state index in [9.17, 15) is 9.90 Å². The normalized spacial score (nSPS) is 12.9. The molecular weight excluding hydrogens is 232 g/mol. The van der Waals surface area contributed by atoms with E-state index in [0.29, 0.717) is 4.88 Å². The molecule has 0 aliphatic heterocycles. The van der Waals surface area contributed by atoms with Crippen LogP contribution in [-0.4, -0.2) is 17.7 Å². The van der Waals surface area contributed by atoms with Gasteiger partial charge < -0.3 is 9.84 Å². The molecule has 2 rings (SSSR count). The summed E-state index contributed by atoms with van der Waals surface area (Å²) in [7, 11) is 0. The first-order valence-corrected chi connectivity index (χ1v) is 6.23. The van der Waals surface area contributed by atoms with E-state index in [1.54, 1.807) is 18.3 Å². The molecule has 1 atom stereocenters. The second-order valence-corrected chi connectivity index (χ2v) is 5.02. The highest BCUT2D eigenvalue weighted by Gasteiger charge is 2.21. The van der Waals surface area contributed by atoms with Crippen molar-refractivity contribution in [2.75, 3.05) is 6.61 Å². The number of carbonyl (C=O) groups excluding carboxylic acids is 1. The number of aliphatic hydroxyl groups excluding tert-OH is 1. The lowest BCUT2D eigenvalue weighted by molar-refractivity contribution is -0.153. The highest BCUT2D eigenvalue weighted by atomic mass is 32.1. The van der Waals surface area contributed by atoms with Crippen LogP contribution in [0.4, 0.5) is 0 Å². The number of esters is 1. The van der Waals surface area contributed by atoms with Crippen molar-refractivity contribution in [2.45, 2.75) is 13.0 Å². The summed E-state index contributed by atoms with van der Waals surface area (Å²) in [5.41, 5.74) is 0. The van der Waals surface area contributed by atoms with E-state index < -0.39 is 12.1 Å². The third-order valence-electron chi connectivity index (χ3n) is 1.94. The van der Waals surface area contributed by atoms with Crippen molar-refractivity contribution in [3.63, 3.8) is 0 Å². The number of hydrogen-bond acceptors (Lipinski definition) is 5. The van der Waals surface area contributed by atoms with Crippen molar-refractivity contribution in [3.8, 4) is 0 Å². The van der Waals surface area contributed by atoms with Gasteiger partial charge in [0.15, 0.2) is 6.10 Å². The molecule has 80 valence electrons. The number of aliphatic hydroxyl groups is 1. The number of ether oxygens (including phenoxy) is 1. The van der Waals surface area contributed by atoms with Gasteiger partial charge in [-0.2, -0.15) is 0 Å². The van der Waals surface area contributed by atoms with Gasteiger partial charge in [-0.05, 0) is 24.4 Å². The number of hydrogen-bond donors (Lipinski definition) is 1. The van der Waals surface area contributed by atoms with E-state index in [1.165, 1.54) is 11.3 Å². The van der Waals surface area contributed by atoms with Crippen LogP contribution in [0.2, 0.25) is 0 Å². The van der Waals surface area contributed by atoms with Gasteiger partial charge in [0.2, 0.25) is 0 Å². The van der Waals surface area contributed by atoms with Gasteiger partial charge in [-0.15, -0.1) is 22.7 Å². The molecule has 2 heterocycles. The van der Waals surface area contributed by atoms with Gasteiger partial charge in [0.1, 0.15) is 0 Å². The molecule has 0 radical (unpaired) electrons. The molecule has 0 aliphatic carbocycles. The Morgan fingerprint density at radius 1 is 1.60 bits per heavy atom. The van der Waals surface area contributed by atoms with Crippen molar-refractivity contribution in [2.24, 2.45) is 0 Å². The molecule has 1 N–H and O–H groups in total. The summed E-state index contributed by atoms with van der Waals surface area (Å²) in [5.74, 6) is -0.577. The Morgan fingerprint density at radius 3 is 3.07 bits per heavy atom. The molecule has 0 bridgehead atoms. The molecule has 0 aliphatic rings. The summed E-state index contributed by atoms with van der Waals surface area (Å²) < 4.78 is 6.94. The number of rotatable bonds is 3. The minimum atomic E-state index is -1.14. The van der Waals surface area contributed by atoms with Gasteiger partial charge in [0.25, 0.3) is 0 Å². The Hall–Kier alpha value is -0.910. The smallest absolute Gasteiger partial charge is 0.340 e. The fraction of sp³-hybridized carbons (Fsp3) is 0.300. The third-order valence-corrected chi connectivity index (χ3v) is 4.08. The fourth-order valence-electron chi connectivity index (χ4n) is 1.26. The Balaban J connectivity index is 2.23. The minimum Gasteiger partial charge on any atom is -0.464 e. The third kappa shape index (κ3) is 2.04. The van der Waals surface area contributed by atoms with Crippen LogP contribution in [0.25, 0.3) is 9.40 Å². The maximum absolute atomic E-state index is 11.3. The lowest BCUT2D eigenvalue weighted by atomic mass is 10.3. The summed E-state index contributed by atoms with van der Waals surface area (Å²) in [6.07, 6.45) is -1.14. The summed E-state index contributed by atoms with van der Waals surface area (Å²) in [5, 5.41) is 11.7. The topological polar surface area (TPSA) is 46.5 Å². The molecule has 0 spiro atoms. The predicted molar refractivity (Wildman–Crippen MR) is 61.3 cm³/mol. The number of thiophene rings is 2.